The lowest BCUT2D eigenvalue weighted by Gasteiger charge is -2.24. The summed E-state index contributed by atoms with van der Waals surface area (Å²) in [6.45, 7) is 6.67. The second-order valence-electron chi connectivity index (χ2n) is 3.33. The van der Waals surface area contributed by atoms with E-state index in [9.17, 15) is 0 Å². The van der Waals surface area contributed by atoms with E-state index in [-0.39, 0.29) is 5.60 Å². The zero-order valence-electron chi connectivity index (χ0n) is 7.42. The summed E-state index contributed by atoms with van der Waals surface area (Å²) in [5, 5.41) is 11.8. The molecule has 0 aromatic rings. The molecule has 4 heteroatoms. The first-order chi connectivity index (χ1) is 4.95. The van der Waals surface area contributed by atoms with Crippen LogP contribution >= 0.6 is 0 Å². The van der Waals surface area contributed by atoms with Gasteiger partial charge in [-0.25, -0.2) is 0 Å². The fourth-order valence-corrected chi connectivity index (χ4v) is 0.583. The molecule has 0 radical (unpaired) electrons. The summed E-state index contributed by atoms with van der Waals surface area (Å²) in [5.41, 5.74) is 4.88. The molecule has 11 heavy (non-hydrogen) atoms. The SMILES string of the molecule is CC(C)(C)OC(O)NCCN. The molecule has 0 aromatic carbocycles. The third kappa shape index (κ3) is 7.74. The summed E-state index contributed by atoms with van der Waals surface area (Å²) < 4.78 is 5.13. The average Bonchev–Trinajstić information content (AvgIpc) is 1.79. The molecular formula is C7H18N2O2. The van der Waals surface area contributed by atoms with E-state index < -0.39 is 6.41 Å². The van der Waals surface area contributed by atoms with Gasteiger partial charge >= 0.3 is 0 Å². The van der Waals surface area contributed by atoms with E-state index in [1.807, 2.05) is 20.8 Å². The van der Waals surface area contributed by atoms with Crippen molar-refractivity contribution < 1.29 is 9.84 Å². The van der Waals surface area contributed by atoms with Crippen LogP contribution in [0.1, 0.15) is 20.8 Å². The van der Waals surface area contributed by atoms with Crippen LogP contribution in [0.2, 0.25) is 0 Å². The molecule has 0 aromatic heterocycles. The van der Waals surface area contributed by atoms with E-state index in [1.54, 1.807) is 0 Å². The molecule has 4 nitrogen and oxygen atoms in total. The summed E-state index contributed by atoms with van der Waals surface area (Å²) >= 11 is 0. The largest absolute Gasteiger partial charge is 0.356 e. The van der Waals surface area contributed by atoms with E-state index in [1.165, 1.54) is 0 Å². The normalized spacial score (nSPS) is 15.0. The molecule has 1 unspecified atom stereocenters. The van der Waals surface area contributed by atoms with Crippen LogP contribution in [0.25, 0.3) is 0 Å². The van der Waals surface area contributed by atoms with Gasteiger partial charge in [-0.15, -0.1) is 0 Å². The molecule has 0 aliphatic heterocycles. The van der Waals surface area contributed by atoms with Crippen molar-refractivity contribution in [3.05, 3.63) is 0 Å². The molecule has 1 atom stereocenters. The highest BCUT2D eigenvalue weighted by atomic mass is 16.6. The van der Waals surface area contributed by atoms with Crippen molar-refractivity contribution in [3.8, 4) is 0 Å². The summed E-state index contributed by atoms with van der Waals surface area (Å²) in [7, 11) is 0. The van der Waals surface area contributed by atoms with Crippen LogP contribution in [0.15, 0.2) is 0 Å². The quantitative estimate of drug-likeness (QED) is 0.493. The van der Waals surface area contributed by atoms with Gasteiger partial charge in [-0.05, 0) is 20.8 Å². The molecule has 0 aliphatic carbocycles. The third-order valence-corrected chi connectivity index (χ3v) is 0.928. The molecule has 0 aliphatic rings. The van der Waals surface area contributed by atoms with Crippen LogP contribution in [-0.4, -0.2) is 30.2 Å². The van der Waals surface area contributed by atoms with E-state index in [2.05, 4.69) is 5.32 Å². The number of ether oxygens (including phenoxy) is 1. The van der Waals surface area contributed by atoms with Crippen molar-refractivity contribution >= 4 is 0 Å². The first-order valence-electron chi connectivity index (χ1n) is 3.75. The molecule has 0 rings (SSSR count). The first kappa shape index (κ1) is 10.8. The minimum absolute atomic E-state index is 0.332. The Morgan fingerprint density at radius 3 is 2.45 bits per heavy atom. The highest BCUT2D eigenvalue weighted by Crippen LogP contribution is 2.07. The molecule has 0 saturated heterocycles. The van der Waals surface area contributed by atoms with Crippen LogP contribution < -0.4 is 11.1 Å². The molecule has 4 N–H and O–H groups in total. The second-order valence-corrected chi connectivity index (χ2v) is 3.33. The van der Waals surface area contributed by atoms with E-state index >= 15 is 0 Å². The van der Waals surface area contributed by atoms with Gasteiger partial charge < -0.3 is 15.6 Å². The van der Waals surface area contributed by atoms with Gasteiger partial charge in [0.15, 0.2) is 0 Å². The second kappa shape index (κ2) is 4.66. The van der Waals surface area contributed by atoms with Crippen molar-refractivity contribution in [1.82, 2.24) is 5.32 Å². The predicted molar refractivity (Wildman–Crippen MR) is 43.9 cm³/mol. The van der Waals surface area contributed by atoms with Crippen LogP contribution in [0, 0.1) is 0 Å². The number of nitrogens with two attached hydrogens (primary N) is 1. The van der Waals surface area contributed by atoms with Gasteiger partial charge in [0.05, 0.1) is 5.60 Å². The molecule has 0 heterocycles. The Kier molecular flexibility index (Phi) is 4.60. The zero-order valence-corrected chi connectivity index (χ0v) is 7.42. The number of hydrogen-bond donors (Lipinski definition) is 3. The fourth-order valence-electron chi connectivity index (χ4n) is 0.583. The average molecular weight is 162 g/mol. The summed E-state index contributed by atoms with van der Waals surface area (Å²) in [6.07, 6.45) is -0.918. The lowest BCUT2D eigenvalue weighted by atomic mass is 10.2. The van der Waals surface area contributed by atoms with Crippen LogP contribution in [0.3, 0.4) is 0 Å². The Labute approximate surface area is 67.7 Å². The van der Waals surface area contributed by atoms with Crippen LogP contribution in [-0.2, 0) is 4.74 Å². The number of aliphatic hydroxyl groups is 1. The van der Waals surface area contributed by atoms with Gasteiger partial charge in [0, 0.05) is 13.1 Å². The van der Waals surface area contributed by atoms with E-state index in [0.717, 1.165) is 0 Å². The van der Waals surface area contributed by atoms with Gasteiger partial charge in [-0.3, -0.25) is 5.32 Å². The Balaban J connectivity index is 3.44. The maximum Gasteiger partial charge on any atom is 0.214 e. The minimum Gasteiger partial charge on any atom is -0.356 e. The number of hydrogen-bond acceptors (Lipinski definition) is 4. The van der Waals surface area contributed by atoms with Crippen molar-refractivity contribution in [3.63, 3.8) is 0 Å². The van der Waals surface area contributed by atoms with Gasteiger partial charge in [-0.2, -0.15) is 0 Å². The third-order valence-electron chi connectivity index (χ3n) is 0.928. The van der Waals surface area contributed by atoms with Crippen molar-refractivity contribution in [1.29, 1.82) is 0 Å². The van der Waals surface area contributed by atoms with Gasteiger partial charge in [0.2, 0.25) is 6.41 Å². The molecule has 0 spiro atoms. The number of nitrogens with one attached hydrogen (secondary N) is 1. The molecule has 0 fully saturated rings. The Morgan fingerprint density at radius 2 is 2.09 bits per heavy atom. The molecule has 0 saturated carbocycles. The molecule has 68 valence electrons. The summed E-state index contributed by atoms with van der Waals surface area (Å²) in [5.74, 6) is 0. The Morgan fingerprint density at radius 1 is 1.55 bits per heavy atom. The molecular weight excluding hydrogens is 144 g/mol. The van der Waals surface area contributed by atoms with Gasteiger partial charge in [0.25, 0.3) is 0 Å². The maximum atomic E-state index is 9.13. The topological polar surface area (TPSA) is 67.5 Å². The Hall–Kier alpha value is -0.160. The highest BCUT2D eigenvalue weighted by Gasteiger charge is 2.15. The number of rotatable bonds is 4. The van der Waals surface area contributed by atoms with Crippen molar-refractivity contribution in [2.75, 3.05) is 13.1 Å². The fraction of sp³-hybridized carbons (Fsp3) is 1.00. The van der Waals surface area contributed by atoms with Gasteiger partial charge in [0.1, 0.15) is 0 Å². The summed E-state index contributed by atoms with van der Waals surface area (Å²) in [6, 6.07) is 0. The zero-order chi connectivity index (χ0) is 8.91. The molecule has 0 amide bonds. The number of aliphatic hydroxyl groups excluding tert-OH is 1. The standard InChI is InChI=1S/C7H18N2O2/c1-7(2,3)11-6(10)9-5-4-8/h6,9-10H,4-5,8H2,1-3H3. The monoisotopic (exact) mass is 162 g/mol. The van der Waals surface area contributed by atoms with E-state index in [4.69, 9.17) is 15.6 Å². The highest BCUT2D eigenvalue weighted by molar-refractivity contribution is 4.59. The van der Waals surface area contributed by atoms with Crippen LogP contribution in [0.4, 0.5) is 0 Å². The minimum atomic E-state index is -0.918. The van der Waals surface area contributed by atoms with Gasteiger partial charge in [-0.1, -0.05) is 0 Å². The lowest BCUT2D eigenvalue weighted by molar-refractivity contribution is -0.180. The Bertz CT molecular complexity index is 101. The smallest absolute Gasteiger partial charge is 0.214 e. The van der Waals surface area contributed by atoms with Crippen molar-refractivity contribution in [2.45, 2.75) is 32.8 Å². The van der Waals surface area contributed by atoms with E-state index in [0.29, 0.717) is 13.1 Å². The van der Waals surface area contributed by atoms with Crippen molar-refractivity contribution in [2.24, 2.45) is 5.73 Å². The maximum absolute atomic E-state index is 9.13. The molecule has 0 bridgehead atoms. The van der Waals surface area contributed by atoms with Crippen LogP contribution in [0.5, 0.6) is 0 Å². The predicted octanol–water partition coefficient (Wildman–Crippen LogP) is -0.374. The first-order valence-corrected chi connectivity index (χ1v) is 3.75. The summed E-state index contributed by atoms with van der Waals surface area (Å²) in [4.78, 5) is 0. The lowest BCUT2D eigenvalue weighted by Crippen LogP contribution is -2.40.